The highest BCUT2D eigenvalue weighted by Gasteiger charge is 2.36. The molecule has 3 rings (SSSR count). The lowest BCUT2D eigenvalue weighted by Gasteiger charge is -2.14. The number of imide groups is 1. The van der Waals surface area contributed by atoms with Crippen molar-refractivity contribution in [3.63, 3.8) is 0 Å². The van der Waals surface area contributed by atoms with Gasteiger partial charge in [-0.2, -0.15) is 0 Å². The summed E-state index contributed by atoms with van der Waals surface area (Å²) in [5, 5.41) is 2.55. The second-order valence-corrected chi connectivity index (χ2v) is 8.71. The van der Waals surface area contributed by atoms with Crippen molar-refractivity contribution in [3.05, 3.63) is 56.9 Å². The number of carbonyl (C=O) groups excluding carboxylic acids is 3. The summed E-state index contributed by atoms with van der Waals surface area (Å²) in [6.07, 6.45) is 1.55. The molecule has 1 fully saturated rings. The van der Waals surface area contributed by atoms with Crippen molar-refractivity contribution >= 4 is 52.2 Å². The molecule has 0 radical (unpaired) electrons. The first kappa shape index (κ1) is 24.7. The first-order chi connectivity index (χ1) is 15.7. The predicted octanol–water partition coefficient (Wildman–Crippen LogP) is 5.43. The first-order valence-corrected chi connectivity index (χ1v) is 11.6. The van der Waals surface area contributed by atoms with Gasteiger partial charge in [0.2, 0.25) is 5.91 Å². The molecule has 174 valence electrons. The minimum atomic E-state index is -0.539. The second-order valence-electron chi connectivity index (χ2n) is 7.31. The molecule has 2 aromatic carbocycles. The van der Waals surface area contributed by atoms with Gasteiger partial charge in [-0.1, -0.05) is 17.7 Å². The van der Waals surface area contributed by atoms with Crippen molar-refractivity contribution in [1.82, 2.24) is 4.90 Å². The number of hydrogen-bond donors (Lipinski definition) is 1. The van der Waals surface area contributed by atoms with E-state index in [9.17, 15) is 14.4 Å². The van der Waals surface area contributed by atoms with Crippen LogP contribution in [0.15, 0.2) is 35.2 Å². The van der Waals surface area contributed by atoms with E-state index in [1.54, 1.807) is 24.3 Å². The topological polar surface area (TPSA) is 84.9 Å². The van der Waals surface area contributed by atoms with Crippen LogP contribution in [-0.4, -0.2) is 41.7 Å². The third-order valence-corrected chi connectivity index (χ3v) is 6.07. The van der Waals surface area contributed by atoms with Crippen molar-refractivity contribution in [1.29, 1.82) is 0 Å². The van der Waals surface area contributed by atoms with Gasteiger partial charge >= 0.3 is 0 Å². The van der Waals surface area contributed by atoms with Gasteiger partial charge in [0.05, 0.1) is 23.1 Å². The molecule has 1 heterocycles. The zero-order valence-electron chi connectivity index (χ0n) is 18.9. The van der Waals surface area contributed by atoms with Crippen LogP contribution < -0.4 is 14.8 Å². The Morgan fingerprint density at radius 2 is 1.82 bits per heavy atom. The van der Waals surface area contributed by atoms with E-state index in [1.165, 1.54) is 0 Å². The number of nitrogens with zero attached hydrogens (tertiary/aromatic N) is 1. The zero-order chi connectivity index (χ0) is 24.1. The summed E-state index contributed by atoms with van der Waals surface area (Å²) in [5.74, 6) is -0.118. The number of halogens is 1. The molecule has 33 heavy (non-hydrogen) atoms. The van der Waals surface area contributed by atoms with Gasteiger partial charge in [-0.05, 0) is 86.5 Å². The second kappa shape index (κ2) is 10.8. The van der Waals surface area contributed by atoms with Crippen molar-refractivity contribution in [2.75, 3.05) is 25.1 Å². The highest BCUT2D eigenvalue weighted by atomic mass is 35.5. The fourth-order valence-corrected chi connectivity index (χ4v) is 4.28. The minimum Gasteiger partial charge on any atom is -0.490 e. The Labute approximate surface area is 202 Å². The van der Waals surface area contributed by atoms with Crippen LogP contribution in [0.25, 0.3) is 6.08 Å². The van der Waals surface area contributed by atoms with E-state index >= 15 is 0 Å². The Morgan fingerprint density at radius 1 is 1.09 bits per heavy atom. The normalized spacial score (nSPS) is 14.7. The number of thioether (sulfide) groups is 1. The lowest BCUT2D eigenvalue weighted by molar-refractivity contribution is -0.127. The number of nitrogens with one attached hydrogen (secondary N) is 1. The van der Waals surface area contributed by atoms with Crippen molar-refractivity contribution in [3.8, 4) is 11.5 Å². The molecule has 7 nitrogen and oxygen atoms in total. The standard InChI is InChI=1S/C24H25ClN2O5S/c1-5-31-19-11-16(10-18(25)22(19)32-6-2)12-20-23(29)27(24(30)33-20)13-21(28)26-17-8-7-14(3)15(4)9-17/h7-12H,5-6,13H2,1-4H3,(H,26,28)/b20-12+. The van der Waals surface area contributed by atoms with Crippen LogP contribution in [0.4, 0.5) is 10.5 Å². The van der Waals surface area contributed by atoms with Gasteiger partial charge in [-0.15, -0.1) is 0 Å². The van der Waals surface area contributed by atoms with Gasteiger partial charge in [-0.25, -0.2) is 0 Å². The van der Waals surface area contributed by atoms with E-state index in [1.807, 2.05) is 39.8 Å². The Hall–Kier alpha value is -2.97. The maximum Gasteiger partial charge on any atom is 0.294 e. The largest absolute Gasteiger partial charge is 0.490 e. The van der Waals surface area contributed by atoms with E-state index in [2.05, 4.69) is 5.32 Å². The number of rotatable bonds is 8. The monoisotopic (exact) mass is 488 g/mol. The summed E-state index contributed by atoms with van der Waals surface area (Å²) in [5.41, 5.74) is 3.32. The lowest BCUT2D eigenvalue weighted by Crippen LogP contribution is -2.36. The number of aryl methyl sites for hydroxylation is 2. The molecular weight excluding hydrogens is 464 g/mol. The molecule has 1 saturated heterocycles. The van der Waals surface area contributed by atoms with Gasteiger partial charge in [0.15, 0.2) is 11.5 Å². The van der Waals surface area contributed by atoms with Gasteiger partial charge in [-0.3, -0.25) is 19.3 Å². The molecule has 9 heteroatoms. The molecule has 1 aliphatic heterocycles. The Morgan fingerprint density at radius 3 is 2.48 bits per heavy atom. The molecular formula is C24H25ClN2O5S. The van der Waals surface area contributed by atoms with E-state index in [0.717, 1.165) is 27.8 Å². The van der Waals surface area contributed by atoms with Crippen LogP contribution >= 0.6 is 23.4 Å². The van der Waals surface area contributed by atoms with Crippen LogP contribution in [0.2, 0.25) is 5.02 Å². The molecule has 0 unspecified atom stereocenters. The molecule has 3 amide bonds. The lowest BCUT2D eigenvalue weighted by atomic mass is 10.1. The average Bonchev–Trinajstić information content (AvgIpc) is 3.01. The van der Waals surface area contributed by atoms with Crippen LogP contribution in [-0.2, 0) is 9.59 Å². The highest BCUT2D eigenvalue weighted by Crippen LogP contribution is 2.39. The fourth-order valence-electron chi connectivity index (χ4n) is 3.17. The quantitative estimate of drug-likeness (QED) is 0.499. The van der Waals surface area contributed by atoms with Gasteiger partial charge in [0.1, 0.15) is 6.54 Å². The summed E-state index contributed by atoms with van der Waals surface area (Å²) in [7, 11) is 0. The maximum atomic E-state index is 12.8. The van der Waals surface area contributed by atoms with Gasteiger partial charge in [0, 0.05) is 5.69 Å². The Bertz CT molecular complexity index is 1130. The molecule has 0 atom stereocenters. The van der Waals surface area contributed by atoms with Gasteiger partial charge in [0.25, 0.3) is 11.1 Å². The molecule has 0 spiro atoms. The fraction of sp³-hybridized carbons (Fsp3) is 0.292. The zero-order valence-corrected chi connectivity index (χ0v) is 20.4. The summed E-state index contributed by atoms with van der Waals surface area (Å²) in [6.45, 7) is 8.05. The van der Waals surface area contributed by atoms with Crippen LogP contribution in [0.3, 0.4) is 0 Å². The summed E-state index contributed by atoms with van der Waals surface area (Å²) in [6, 6.07) is 8.84. The van der Waals surface area contributed by atoms with Crippen molar-refractivity contribution in [2.24, 2.45) is 0 Å². The van der Waals surface area contributed by atoms with E-state index in [0.29, 0.717) is 41.0 Å². The van der Waals surface area contributed by atoms with E-state index in [-0.39, 0.29) is 11.4 Å². The molecule has 0 aromatic heterocycles. The number of hydrogen-bond acceptors (Lipinski definition) is 6. The average molecular weight is 489 g/mol. The van der Waals surface area contributed by atoms with Crippen LogP contribution in [0.1, 0.15) is 30.5 Å². The Kier molecular flexibility index (Phi) is 8.05. The summed E-state index contributed by atoms with van der Waals surface area (Å²) in [4.78, 5) is 38.8. The third kappa shape index (κ3) is 5.89. The first-order valence-electron chi connectivity index (χ1n) is 10.4. The van der Waals surface area contributed by atoms with E-state index < -0.39 is 17.1 Å². The SMILES string of the molecule is CCOc1cc(/C=C2/SC(=O)N(CC(=O)Nc3ccc(C)c(C)c3)C2=O)cc(Cl)c1OCC. The minimum absolute atomic E-state index is 0.196. The number of benzene rings is 2. The predicted molar refractivity (Wildman–Crippen MR) is 131 cm³/mol. The number of carbonyl (C=O) groups is 3. The van der Waals surface area contributed by atoms with Crippen molar-refractivity contribution < 1.29 is 23.9 Å². The third-order valence-electron chi connectivity index (χ3n) is 4.88. The smallest absolute Gasteiger partial charge is 0.294 e. The summed E-state index contributed by atoms with van der Waals surface area (Å²) < 4.78 is 11.2. The molecule has 1 aliphatic rings. The van der Waals surface area contributed by atoms with Crippen molar-refractivity contribution in [2.45, 2.75) is 27.7 Å². The molecule has 0 aliphatic carbocycles. The summed E-state index contributed by atoms with van der Waals surface area (Å²) >= 11 is 7.11. The number of amides is 3. The van der Waals surface area contributed by atoms with Crippen LogP contribution in [0, 0.1) is 13.8 Å². The Balaban J connectivity index is 1.76. The molecule has 1 N–H and O–H groups in total. The van der Waals surface area contributed by atoms with Crippen LogP contribution in [0.5, 0.6) is 11.5 Å². The molecule has 0 saturated carbocycles. The maximum absolute atomic E-state index is 12.8. The van der Waals surface area contributed by atoms with Gasteiger partial charge < -0.3 is 14.8 Å². The molecule has 0 bridgehead atoms. The number of anilines is 1. The highest BCUT2D eigenvalue weighted by molar-refractivity contribution is 8.18. The molecule has 2 aromatic rings. The van der Waals surface area contributed by atoms with E-state index in [4.69, 9.17) is 21.1 Å². The number of ether oxygens (including phenoxy) is 2.